The molecule has 2 aromatic carbocycles. The molecule has 10 heteroatoms. The van der Waals surface area contributed by atoms with Crippen molar-refractivity contribution in [1.82, 2.24) is 0 Å². The van der Waals surface area contributed by atoms with Gasteiger partial charge in [-0.3, -0.25) is 4.79 Å². The first-order valence-corrected chi connectivity index (χ1v) is 13.2. The van der Waals surface area contributed by atoms with Gasteiger partial charge in [-0.05, 0) is 84.9 Å². The summed E-state index contributed by atoms with van der Waals surface area (Å²) in [7, 11) is 0. The van der Waals surface area contributed by atoms with Crippen LogP contribution in [-0.4, -0.2) is 0 Å². The zero-order valence-corrected chi connectivity index (χ0v) is 24.9. The number of benzene rings is 3. The molecular formula is C21H8Br4Cl4O2. The van der Waals surface area contributed by atoms with Gasteiger partial charge >= 0.3 is 0 Å². The van der Waals surface area contributed by atoms with Crippen molar-refractivity contribution in [3.63, 3.8) is 0 Å². The van der Waals surface area contributed by atoms with Gasteiger partial charge in [-0.25, -0.2) is 0 Å². The van der Waals surface area contributed by atoms with Crippen LogP contribution in [0.5, 0.6) is 0 Å². The Morgan fingerprint density at radius 1 is 0.742 bits per heavy atom. The number of rotatable bonds is 1. The molecule has 0 aromatic heterocycles. The fraction of sp³-hybridized carbons (Fsp3) is 0.0952. The lowest BCUT2D eigenvalue weighted by molar-refractivity contribution is 0.613. The van der Waals surface area contributed by atoms with Crippen LogP contribution in [0.25, 0.3) is 33.4 Å². The normalized spacial score (nSPS) is 11.7. The smallest absolute Gasteiger partial charge is 0.210 e. The molecule has 2 nitrogen and oxygen atoms in total. The van der Waals surface area contributed by atoms with E-state index in [1.54, 1.807) is 6.07 Å². The van der Waals surface area contributed by atoms with Gasteiger partial charge in [0.25, 0.3) is 0 Å². The van der Waals surface area contributed by atoms with E-state index >= 15 is 0 Å². The molecule has 0 saturated heterocycles. The Morgan fingerprint density at radius 3 is 2.00 bits per heavy atom. The minimum atomic E-state index is -0.235. The molecule has 1 aliphatic heterocycles. The lowest BCUT2D eigenvalue weighted by atomic mass is 9.90. The number of fused-ring (bicyclic) bond motifs is 2. The van der Waals surface area contributed by atoms with E-state index in [9.17, 15) is 4.79 Å². The molecule has 2 aromatic rings. The average molecular weight is 754 g/mol. The first kappa shape index (κ1) is 24.3. The van der Waals surface area contributed by atoms with Gasteiger partial charge in [-0.2, -0.15) is 0 Å². The van der Waals surface area contributed by atoms with E-state index in [1.165, 1.54) is 0 Å². The van der Waals surface area contributed by atoms with Crippen molar-refractivity contribution in [2.24, 2.45) is 0 Å². The maximum Gasteiger partial charge on any atom is 0.210 e. The monoisotopic (exact) mass is 748 g/mol. The summed E-state index contributed by atoms with van der Waals surface area (Å²) < 4.78 is 8.49. The van der Waals surface area contributed by atoms with Crippen LogP contribution in [0.3, 0.4) is 0 Å². The molecule has 160 valence electrons. The van der Waals surface area contributed by atoms with Gasteiger partial charge in [0.15, 0.2) is 5.76 Å². The summed E-state index contributed by atoms with van der Waals surface area (Å²) in [6.07, 6.45) is 0. The molecule has 1 aliphatic carbocycles. The molecule has 0 amide bonds. The van der Waals surface area contributed by atoms with E-state index in [4.69, 9.17) is 50.8 Å². The summed E-state index contributed by atoms with van der Waals surface area (Å²) in [6, 6.07) is 3.64. The quantitative estimate of drug-likeness (QED) is 0.110. The molecule has 0 unspecified atom stereocenters. The Hall–Kier alpha value is 0.210. The van der Waals surface area contributed by atoms with Gasteiger partial charge < -0.3 is 4.42 Å². The van der Waals surface area contributed by atoms with Crippen molar-refractivity contribution < 1.29 is 4.42 Å². The van der Waals surface area contributed by atoms with Crippen LogP contribution in [0.1, 0.15) is 11.1 Å². The standard InChI is InChI=1S/C21H8Br4Cl4O2/c1-5-9(22)3-7-12(11-6(2)15(26)17(28)18(29)16(11)27)8-4-10(23)19(30)14(25)21(8)31-20(7)13(5)24/h3-4H,1-2H3. The first-order valence-electron chi connectivity index (χ1n) is 8.53. The van der Waals surface area contributed by atoms with E-state index < -0.39 is 0 Å². The summed E-state index contributed by atoms with van der Waals surface area (Å²) in [5, 5.41) is 1.64. The lowest BCUT2D eigenvalue weighted by Crippen LogP contribution is -2.07. The van der Waals surface area contributed by atoms with E-state index in [0.29, 0.717) is 43.1 Å². The molecule has 2 aliphatic rings. The highest BCUT2D eigenvalue weighted by atomic mass is 79.9. The van der Waals surface area contributed by atoms with Gasteiger partial charge in [0.05, 0.1) is 29.0 Å². The van der Waals surface area contributed by atoms with Crippen LogP contribution in [0, 0.1) is 13.8 Å². The highest BCUT2D eigenvalue weighted by Crippen LogP contribution is 2.52. The fourth-order valence-corrected chi connectivity index (χ4v) is 6.85. The summed E-state index contributed by atoms with van der Waals surface area (Å²) in [4.78, 5) is 12.6. The van der Waals surface area contributed by atoms with Gasteiger partial charge in [0.2, 0.25) is 5.43 Å². The van der Waals surface area contributed by atoms with Crippen LogP contribution in [0.15, 0.2) is 39.2 Å². The molecule has 0 spiro atoms. The third-order valence-corrected chi connectivity index (χ3v) is 10.0. The van der Waals surface area contributed by atoms with Gasteiger partial charge in [0, 0.05) is 26.5 Å². The van der Waals surface area contributed by atoms with Crippen LogP contribution >= 0.6 is 110 Å². The molecular weight excluding hydrogens is 746 g/mol. The molecule has 0 atom stereocenters. The molecule has 1 heterocycles. The Bertz CT molecular complexity index is 1430. The Labute approximate surface area is 231 Å². The van der Waals surface area contributed by atoms with Crippen molar-refractivity contribution in [2.75, 3.05) is 0 Å². The highest BCUT2D eigenvalue weighted by Gasteiger charge is 2.29. The average Bonchev–Trinajstić information content (AvgIpc) is 2.74. The maximum absolute atomic E-state index is 12.6. The summed E-state index contributed by atoms with van der Waals surface area (Å²) in [5.41, 5.74) is 3.86. The molecule has 0 fully saturated rings. The predicted octanol–water partition coefficient (Wildman–Crippen LogP) is 10.8. The highest BCUT2D eigenvalue weighted by molar-refractivity contribution is 9.11. The van der Waals surface area contributed by atoms with E-state index in [1.807, 2.05) is 19.9 Å². The zero-order valence-electron chi connectivity index (χ0n) is 15.5. The van der Waals surface area contributed by atoms with Gasteiger partial charge in [0.1, 0.15) is 10.1 Å². The minimum absolute atomic E-state index is 0.153. The van der Waals surface area contributed by atoms with Gasteiger partial charge in [-0.1, -0.05) is 62.3 Å². The Balaban J connectivity index is 2.39. The SMILES string of the molecule is Cc1c(Cl)c(Cl)c(Cl)c(Cl)c1-c1c2cc(Br)c(=O)c(Br)c-2oc2c(Br)c(C)c(Br)cc12. The second-order valence-electron chi connectivity index (χ2n) is 6.79. The largest absolute Gasteiger partial charge is 0.454 e. The summed E-state index contributed by atoms with van der Waals surface area (Å²) in [5.74, 6) is 0.371. The maximum atomic E-state index is 12.6. The van der Waals surface area contributed by atoms with Crippen molar-refractivity contribution in [3.05, 3.63) is 71.5 Å². The zero-order chi connectivity index (χ0) is 22.9. The lowest BCUT2D eigenvalue weighted by Gasteiger charge is -2.22. The van der Waals surface area contributed by atoms with E-state index in [-0.39, 0.29) is 25.0 Å². The number of halogens is 8. The second-order valence-corrected chi connectivity index (χ2v) is 11.6. The summed E-state index contributed by atoms with van der Waals surface area (Å²) >= 11 is 39.9. The predicted molar refractivity (Wildman–Crippen MR) is 145 cm³/mol. The summed E-state index contributed by atoms with van der Waals surface area (Å²) in [6.45, 7) is 3.76. The van der Waals surface area contributed by atoms with Crippen molar-refractivity contribution >= 4 is 121 Å². The number of hydrogen-bond donors (Lipinski definition) is 0. The third kappa shape index (κ3) is 3.74. The van der Waals surface area contributed by atoms with Crippen LogP contribution in [0.4, 0.5) is 0 Å². The third-order valence-electron chi connectivity index (χ3n) is 5.03. The van der Waals surface area contributed by atoms with Crippen LogP contribution in [-0.2, 0) is 0 Å². The molecule has 31 heavy (non-hydrogen) atoms. The van der Waals surface area contributed by atoms with Crippen molar-refractivity contribution in [1.29, 1.82) is 0 Å². The van der Waals surface area contributed by atoms with Crippen molar-refractivity contribution in [3.8, 4) is 22.5 Å². The molecule has 0 bridgehead atoms. The second kappa shape index (κ2) is 8.77. The minimum Gasteiger partial charge on any atom is -0.454 e. The fourth-order valence-electron chi connectivity index (χ4n) is 3.40. The van der Waals surface area contributed by atoms with Crippen LogP contribution < -0.4 is 5.43 Å². The van der Waals surface area contributed by atoms with Crippen LogP contribution in [0.2, 0.25) is 20.1 Å². The van der Waals surface area contributed by atoms with Crippen molar-refractivity contribution in [2.45, 2.75) is 13.8 Å². The molecule has 0 N–H and O–H groups in total. The van der Waals surface area contributed by atoms with E-state index in [0.717, 1.165) is 19.9 Å². The van der Waals surface area contributed by atoms with Gasteiger partial charge in [-0.15, -0.1) is 0 Å². The molecule has 0 saturated carbocycles. The molecule has 4 rings (SSSR count). The van der Waals surface area contributed by atoms with E-state index in [2.05, 4.69) is 63.7 Å². The molecule has 0 radical (unpaired) electrons. The topological polar surface area (TPSA) is 30.2 Å². The first-order chi connectivity index (χ1) is 14.5. The Kier molecular flexibility index (Phi) is 6.89. The number of hydrogen-bond acceptors (Lipinski definition) is 2. The Morgan fingerprint density at radius 2 is 1.35 bits per heavy atom.